The maximum absolute atomic E-state index is 12.0. The topological polar surface area (TPSA) is 58.6 Å². The predicted octanol–water partition coefficient (Wildman–Crippen LogP) is 2.71. The Bertz CT molecular complexity index is 517. The second kappa shape index (κ2) is 5.96. The Morgan fingerprint density at radius 2 is 2.19 bits per heavy atom. The number of carbonyl (C=O) groups is 1. The highest BCUT2D eigenvalue weighted by Crippen LogP contribution is 2.49. The van der Waals surface area contributed by atoms with E-state index in [0.717, 1.165) is 11.8 Å². The van der Waals surface area contributed by atoms with Crippen LogP contribution in [0.15, 0.2) is 24.3 Å². The number of rotatable bonds is 5. The van der Waals surface area contributed by atoms with Crippen molar-refractivity contribution in [2.45, 2.75) is 38.6 Å². The highest BCUT2D eigenvalue weighted by Gasteiger charge is 2.42. The molecule has 114 valence electrons. The van der Waals surface area contributed by atoms with Gasteiger partial charge in [-0.05, 0) is 56.1 Å². The van der Waals surface area contributed by atoms with Gasteiger partial charge < -0.3 is 15.2 Å². The molecule has 4 heteroatoms. The number of ether oxygens (including phenoxy) is 1. The van der Waals surface area contributed by atoms with Gasteiger partial charge in [-0.2, -0.15) is 0 Å². The van der Waals surface area contributed by atoms with Crippen LogP contribution in [0, 0.1) is 17.8 Å². The molecule has 2 aliphatic carbocycles. The molecule has 0 spiro atoms. The number of hydrogen-bond donors (Lipinski definition) is 2. The fourth-order valence-corrected chi connectivity index (χ4v) is 4.03. The van der Waals surface area contributed by atoms with Gasteiger partial charge in [0.1, 0.15) is 0 Å². The maximum atomic E-state index is 12.0. The average molecular weight is 289 g/mol. The van der Waals surface area contributed by atoms with Gasteiger partial charge in [-0.3, -0.25) is 4.79 Å². The van der Waals surface area contributed by atoms with Gasteiger partial charge in [-0.25, -0.2) is 0 Å². The monoisotopic (exact) mass is 289 g/mol. The summed E-state index contributed by atoms with van der Waals surface area (Å²) in [6.07, 6.45) is 5.30. The van der Waals surface area contributed by atoms with Crippen LogP contribution in [0.3, 0.4) is 0 Å². The molecule has 2 bridgehead atoms. The first-order valence-corrected chi connectivity index (χ1v) is 7.83. The molecular formula is C17H23NO3. The molecule has 0 radical (unpaired) electrons. The summed E-state index contributed by atoms with van der Waals surface area (Å²) in [5.74, 6) is 2.60. The van der Waals surface area contributed by atoms with E-state index in [1.165, 1.54) is 25.7 Å². The Hall–Kier alpha value is -1.71. The second-order valence-electron chi connectivity index (χ2n) is 6.45. The summed E-state index contributed by atoms with van der Waals surface area (Å²) >= 11 is 0. The molecule has 3 rings (SSSR count). The molecule has 0 heterocycles. The van der Waals surface area contributed by atoms with Gasteiger partial charge >= 0.3 is 0 Å². The fourth-order valence-electron chi connectivity index (χ4n) is 4.03. The number of hydrogen-bond acceptors (Lipinski definition) is 3. The van der Waals surface area contributed by atoms with E-state index in [2.05, 4.69) is 12.2 Å². The van der Waals surface area contributed by atoms with Crippen molar-refractivity contribution < 1.29 is 14.6 Å². The molecule has 2 N–H and O–H groups in total. The van der Waals surface area contributed by atoms with Crippen molar-refractivity contribution in [1.29, 1.82) is 0 Å². The number of fused-ring (bicyclic) bond motifs is 2. The zero-order valence-electron chi connectivity index (χ0n) is 12.4. The third-order valence-corrected chi connectivity index (χ3v) is 5.05. The first kappa shape index (κ1) is 14.2. The summed E-state index contributed by atoms with van der Waals surface area (Å²) in [5.41, 5.74) is 0. The number of para-hydroxylation sites is 2. The van der Waals surface area contributed by atoms with Gasteiger partial charge in [0.2, 0.25) is 0 Å². The Morgan fingerprint density at radius 1 is 1.38 bits per heavy atom. The lowest BCUT2D eigenvalue weighted by Crippen LogP contribution is -2.42. The molecule has 4 atom stereocenters. The van der Waals surface area contributed by atoms with E-state index in [-0.39, 0.29) is 24.3 Å². The van der Waals surface area contributed by atoms with Crippen molar-refractivity contribution in [3.05, 3.63) is 24.3 Å². The number of phenols is 1. The van der Waals surface area contributed by atoms with Gasteiger partial charge in [-0.15, -0.1) is 0 Å². The minimum atomic E-state index is -0.117. The van der Waals surface area contributed by atoms with Gasteiger partial charge in [0.15, 0.2) is 18.1 Å². The zero-order chi connectivity index (χ0) is 14.8. The Morgan fingerprint density at radius 3 is 2.86 bits per heavy atom. The van der Waals surface area contributed by atoms with E-state index in [1.54, 1.807) is 24.3 Å². The Balaban J connectivity index is 1.47. The van der Waals surface area contributed by atoms with E-state index in [4.69, 9.17) is 4.74 Å². The molecule has 0 aromatic heterocycles. The largest absolute Gasteiger partial charge is 0.504 e. The first-order valence-electron chi connectivity index (χ1n) is 7.83. The minimum Gasteiger partial charge on any atom is -0.504 e. The molecule has 21 heavy (non-hydrogen) atoms. The summed E-state index contributed by atoms with van der Waals surface area (Å²) in [7, 11) is 0. The number of carbonyl (C=O) groups excluding carboxylic acids is 1. The van der Waals surface area contributed by atoms with Gasteiger partial charge in [0.25, 0.3) is 5.91 Å². The molecule has 0 saturated heterocycles. The van der Waals surface area contributed by atoms with Gasteiger partial charge in [0, 0.05) is 6.04 Å². The van der Waals surface area contributed by atoms with Crippen LogP contribution in [-0.4, -0.2) is 23.7 Å². The molecular weight excluding hydrogens is 266 g/mol. The van der Waals surface area contributed by atoms with E-state index in [1.807, 2.05) is 0 Å². The molecule has 2 fully saturated rings. The quantitative estimate of drug-likeness (QED) is 0.876. The van der Waals surface area contributed by atoms with Crippen molar-refractivity contribution in [2.24, 2.45) is 17.8 Å². The fraction of sp³-hybridized carbons (Fsp3) is 0.588. The molecule has 1 aromatic rings. The Kier molecular flexibility index (Phi) is 4.04. The summed E-state index contributed by atoms with van der Waals surface area (Å²) in [4.78, 5) is 12.0. The molecule has 2 aliphatic rings. The van der Waals surface area contributed by atoms with Crippen LogP contribution in [0.1, 0.15) is 32.6 Å². The van der Waals surface area contributed by atoms with Crippen LogP contribution in [0.25, 0.3) is 0 Å². The minimum absolute atomic E-state index is 0.0528. The SMILES string of the molecule is C[C@H](NC(=O)COc1ccccc1O)[C@H]1C[C@@H]2CC[C@@H]1C2. The smallest absolute Gasteiger partial charge is 0.258 e. The average Bonchev–Trinajstić information content (AvgIpc) is 3.09. The van der Waals surface area contributed by atoms with E-state index in [9.17, 15) is 9.90 Å². The van der Waals surface area contributed by atoms with E-state index < -0.39 is 0 Å². The molecule has 1 amide bonds. The number of benzene rings is 1. The lowest BCUT2D eigenvalue weighted by Gasteiger charge is -2.28. The third-order valence-electron chi connectivity index (χ3n) is 5.05. The molecule has 1 aromatic carbocycles. The van der Waals surface area contributed by atoms with E-state index >= 15 is 0 Å². The summed E-state index contributed by atoms with van der Waals surface area (Å²) in [6, 6.07) is 6.90. The maximum Gasteiger partial charge on any atom is 0.258 e. The molecule has 0 aliphatic heterocycles. The van der Waals surface area contributed by atoms with Crippen molar-refractivity contribution >= 4 is 5.91 Å². The number of aromatic hydroxyl groups is 1. The number of amides is 1. The zero-order valence-corrected chi connectivity index (χ0v) is 12.4. The highest BCUT2D eigenvalue weighted by atomic mass is 16.5. The summed E-state index contributed by atoms with van der Waals surface area (Å²) < 4.78 is 5.36. The third kappa shape index (κ3) is 3.14. The van der Waals surface area contributed by atoms with Crippen molar-refractivity contribution in [3.63, 3.8) is 0 Å². The molecule has 0 unspecified atom stereocenters. The normalized spacial score (nSPS) is 28.3. The van der Waals surface area contributed by atoms with Crippen LogP contribution in [0.4, 0.5) is 0 Å². The van der Waals surface area contributed by atoms with Crippen LogP contribution < -0.4 is 10.1 Å². The predicted molar refractivity (Wildman–Crippen MR) is 80.1 cm³/mol. The highest BCUT2D eigenvalue weighted by molar-refractivity contribution is 5.77. The van der Waals surface area contributed by atoms with Gasteiger partial charge in [-0.1, -0.05) is 18.6 Å². The first-order chi connectivity index (χ1) is 10.1. The number of nitrogens with one attached hydrogen (secondary N) is 1. The van der Waals surface area contributed by atoms with Crippen molar-refractivity contribution in [2.75, 3.05) is 6.61 Å². The van der Waals surface area contributed by atoms with Crippen LogP contribution in [0.5, 0.6) is 11.5 Å². The van der Waals surface area contributed by atoms with Crippen molar-refractivity contribution in [3.8, 4) is 11.5 Å². The summed E-state index contributed by atoms with van der Waals surface area (Å²) in [5, 5.41) is 12.6. The van der Waals surface area contributed by atoms with Crippen LogP contribution >= 0.6 is 0 Å². The summed E-state index contributed by atoms with van der Waals surface area (Å²) in [6.45, 7) is 2.05. The van der Waals surface area contributed by atoms with E-state index in [0.29, 0.717) is 11.7 Å². The Labute approximate surface area is 125 Å². The van der Waals surface area contributed by atoms with Crippen LogP contribution in [-0.2, 0) is 4.79 Å². The molecule has 2 saturated carbocycles. The molecule has 4 nitrogen and oxygen atoms in total. The van der Waals surface area contributed by atoms with Crippen LogP contribution in [0.2, 0.25) is 0 Å². The van der Waals surface area contributed by atoms with Gasteiger partial charge in [0.05, 0.1) is 0 Å². The lowest BCUT2D eigenvalue weighted by molar-refractivity contribution is -0.124. The van der Waals surface area contributed by atoms with Crippen molar-refractivity contribution in [1.82, 2.24) is 5.32 Å². The number of phenolic OH excluding ortho intramolecular Hbond substituents is 1. The standard InChI is InChI=1S/C17H23NO3/c1-11(14-9-12-6-7-13(14)8-12)18-17(20)10-21-16-5-3-2-4-15(16)19/h2-5,11-14,19H,6-10H2,1H3,(H,18,20)/t11-,12+,13+,14+/m0/s1. The lowest BCUT2D eigenvalue weighted by atomic mass is 9.84. The second-order valence-corrected chi connectivity index (χ2v) is 6.45.